The number of nitrogens with one attached hydrogen (secondary N) is 1. The number of thioether (sulfide) groups is 1. The summed E-state index contributed by atoms with van der Waals surface area (Å²) in [7, 11) is 0. The predicted octanol–water partition coefficient (Wildman–Crippen LogP) is -0.350. The number of rotatable bonds is 7. The maximum Gasteiger partial charge on any atom is 0.245 e. The highest BCUT2D eigenvalue weighted by molar-refractivity contribution is 7.99. The summed E-state index contributed by atoms with van der Waals surface area (Å²) in [5, 5.41) is 38.9. The van der Waals surface area contributed by atoms with Crippen LogP contribution in [0.15, 0.2) is 33.0 Å². The fourth-order valence-corrected chi connectivity index (χ4v) is 3.00. The fourth-order valence-electron chi connectivity index (χ4n) is 2.16. The molecule has 2 aromatic rings. The van der Waals surface area contributed by atoms with Crippen molar-refractivity contribution in [2.45, 2.75) is 24.0 Å². The highest BCUT2D eigenvalue weighted by atomic mass is 32.2. The quantitative estimate of drug-likeness (QED) is 0.134. The molecule has 1 heterocycles. The van der Waals surface area contributed by atoms with Crippen molar-refractivity contribution in [1.82, 2.24) is 15.6 Å². The smallest absolute Gasteiger partial charge is 0.245 e. The number of aliphatic hydroxyl groups excluding tert-OH is 2. The second kappa shape index (κ2) is 10.6. The van der Waals surface area contributed by atoms with Crippen molar-refractivity contribution in [3.8, 4) is 0 Å². The van der Waals surface area contributed by atoms with Crippen molar-refractivity contribution in [1.29, 1.82) is 0 Å². The summed E-state index contributed by atoms with van der Waals surface area (Å²) in [6.45, 7) is -0.655. The van der Waals surface area contributed by atoms with Gasteiger partial charge in [-0.2, -0.15) is 0 Å². The third-order valence-corrected chi connectivity index (χ3v) is 4.82. The van der Waals surface area contributed by atoms with E-state index in [-0.39, 0.29) is 34.7 Å². The number of nitrogens with zero attached hydrogens (tertiary/aromatic N) is 3. The topological polar surface area (TPSA) is 167 Å². The van der Waals surface area contributed by atoms with E-state index in [2.05, 4.69) is 25.4 Å². The first-order valence-corrected chi connectivity index (χ1v) is 9.19. The van der Waals surface area contributed by atoms with Crippen LogP contribution in [-0.2, 0) is 17.6 Å². The van der Waals surface area contributed by atoms with Crippen molar-refractivity contribution in [3.63, 3.8) is 0 Å². The second-order valence-electron chi connectivity index (χ2n) is 5.74. The third-order valence-electron chi connectivity index (χ3n) is 3.73. The second-order valence-corrected chi connectivity index (χ2v) is 6.75. The zero-order chi connectivity index (χ0) is 20.5. The molecule has 1 atom stereocenters. The SMILES string of the molecule is Fc1ccc2c(c1)CC2.N/C(=N\O)c1nonc1SCC(O)CNC(=O)CO. The number of hydrogen-bond acceptors (Lipinski definition) is 9. The molecule has 28 heavy (non-hydrogen) atoms. The predicted molar refractivity (Wildman–Crippen MR) is 97.4 cm³/mol. The lowest BCUT2D eigenvalue weighted by Gasteiger charge is -2.17. The van der Waals surface area contributed by atoms with Crippen LogP contribution in [0.3, 0.4) is 0 Å². The first kappa shape index (κ1) is 21.6. The molecule has 1 aliphatic rings. The number of aliphatic hydroxyl groups is 2. The highest BCUT2D eigenvalue weighted by Gasteiger charge is 2.17. The summed E-state index contributed by atoms with van der Waals surface area (Å²) in [6.07, 6.45) is 1.33. The van der Waals surface area contributed by atoms with Crippen LogP contribution in [0.1, 0.15) is 16.8 Å². The molecule has 0 aliphatic heterocycles. The number of carbonyl (C=O) groups excluding carboxylic acids is 1. The van der Waals surface area contributed by atoms with E-state index >= 15 is 0 Å². The Labute approximate surface area is 163 Å². The monoisotopic (exact) mass is 413 g/mol. The first-order chi connectivity index (χ1) is 13.4. The van der Waals surface area contributed by atoms with E-state index in [1.807, 2.05) is 6.07 Å². The van der Waals surface area contributed by atoms with Gasteiger partial charge in [0.25, 0.3) is 0 Å². The lowest BCUT2D eigenvalue weighted by Crippen LogP contribution is -2.34. The number of fused-ring (bicyclic) bond motifs is 1. The maximum atomic E-state index is 12.4. The van der Waals surface area contributed by atoms with Crippen LogP contribution in [0.2, 0.25) is 0 Å². The maximum absolute atomic E-state index is 12.4. The number of oxime groups is 1. The molecule has 10 nitrogen and oxygen atoms in total. The van der Waals surface area contributed by atoms with Gasteiger partial charge in [-0.05, 0) is 46.4 Å². The number of aryl methyl sites for hydroxylation is 2. The Morgan fingerprint density at radius 1 is 1.39 bits per heavy atom. The van der Waals surface area contributed by atoms with E-state index in [0.29, 0.717) is 0 Å². The van der Waals surface area contributed by atoms with Crippen molar-refractivity contribution in [3.05, 3.63) is 40.8 Å². The number of hydrogen-bond donors (Lipinski definition) is 5. The van der Waals surface area contributed by atoms with Crippen molar-refractivity contribution >= 4 is 23.5 Å². The van der Waals surface area contributed by atoms with Gasteiger partial charge in [-0.15, -0.1) is 0 Å². The molecule has 12 heteroatoms. The zero-order valence-corrected chi connectivity index (χ0v) is 15.5. The standard InChI is InChI=1S/C8H7F.C8H13N5O5S/c9-8-4-3-6-1-2-7(6)5-8;9-7(11-17)6-8(13-18-12-6)19-3-4(15)1-10-5(16)2-14/h3-5H,1-2H2;4,14-15,17H,1-3H2,(H2,9,11)(H,10,16). The van der Waals surface area contributed by atoms with Gasteiger partial charge in [0.2, 0.25) is 5.91 Å². The van der Waals surface area contributed by atoms with Gasteiger partial charge in [0, 0.05) is 12.3 Å². The summed E-state index contributed by atoms with van der Waals surface area (Å²) in [6, 6.07) is 5.02. The Kier molecular flexibility index (Phi) is 8.17. The van der Waals surface area contributed by atoms with Gasteiger partial charge in [-0.3, -0.25) is 4.79 Å². The summed E-state index contributed by atoms with van der Waals surface area (Å²) in [5.41, 5.74) is 7.91. The molecule has 0 fully saturated rings. The molecule has 1 unspecified atom stereocenters. The van der Waals surface area contributed by atoms with E-state index in [0.717, 1.165) is 24.6 Å². The van der Waals surface area contributed by atoms with Crippen LogP contribution in [0.25, 0.3) is 0 Å². The number of amidine groups is 1. The van der Waals surface area contributed by atoms with Crippen molar-refractivity contribution < 1.29 is 29.2 Å². The summed E-state index contributed by atoms with van der Waals surface area (Å²) >= 11 is 1.06. The van der Waals surface area contributed by atoms with Crippen molar-refractivity contribution in [2.75, 3.05) is 18.9 Å². The summed E-state index contributed by atoms with van der Waals surface area (Å²) in [5.74, 6) is -0.768. The summed E-state index contributed by atoms with van der Waals surface area (Å²) in [4.78, 5) is 10.8. The number of aromatic nitrogens is 2. The van der Waals surface area contributed by atoms with E-state index in [1.165, 1.54) is 17.2 Å². The van der Waals surface area contributed by atoms with E-state index in [1.54, 1.807) is 6.07 Å². The zero-order valence-electron chi connectivity index (χ0n) is 14.7. The van der Waals surface area contributed by atoms with E-state index in [4.69, 9.17) is 16.0 Å². The van der Waals surface area contributed by atoms with Gasteiger partial charge in [0.15, 0.2) is 16.6 Å². The Balaban J connectivity index is 0.000000255. The molecule has 1 aromatic carbocycles. The third kappa shape index (κ3) is 6.18. The minimum absolute atomic E-state index is 0.0173. The highest BCUT2D eigenvalue weighted by Crippen LogP contribution is 2.22. The minimum atomic E-state index is -0.864. The van der Waals surface area contributed by atoms with Crippen molar-refractivity contribution in [2.24, 2.45) is 10.9 Å². The molecule has 0 saturated carbocycles. The molecular weight excluding hydrogens is 393 g/mol. The number of carbonyl (C=O) groups is 1. The van der Waals surface area contributed by atoms with Crippen LogP contribution in [0, 0.1) is 5.82 Å². The molecule has 1 amide bonds. The molecule has 152 valence electrons. The summed E-state index contributed by atoms with van der Waals surface area (Å²) < 4.78 is 16.8. The molecule has 1 aliphatic carbocycles. The molecular formula is C16H20FN5O5S. The fraction of sp³-hybridized carbons (Fsp3) is 0.375. The van der Waals surface area contributed by atoms with Crippen LogP contribution >= 0.6 is 11.8 Å². The molecule has 0 spiro atoms. The van der Waals surface area contributed by atoms with Gasteiger partial charge in [0.05, 0.1) is 6.10 Å². The molecule has 3 rings (SSSR count). The molecule has 0 radical (unpaired) electrons. The first-order valence-electron chi connectivity index (χ1n) is 8.20. The minimum Gasteiger partial charge on any atom is -0.409 e. The van der Waals surface area contributed by atoms with E-state index < -0.39 is 18.6 Å². The van der Waals surface area contributed by atoms with Crippen LogP contribution in [0.5, 0.6) is 0 Å². The Hall–Kier alpha value is -2.70. The average Bonchev–Trinajstić information content (AvgIpc) is 3.15. The van der Waals surface area contributed by atoms with Gasteiger partial charge in [-0.25, -0.2) is 9.02 Å². The van der Waals surface area contributed by atoms with Gasteiger partial charge >= 0.3 is 0 Å². The number of amides is 1. The average molecular weight is 413 g/mol. The molecule has 0 saturated heterocycles. The van der Waals surface area contributed by atoms with Crippen LogP contribution in [0.4, 0.5) is 4.39 Å². The molecule has 1 aromatic heterocycles. The van der Waals surface area contributed by atoms with Crippen LogP contribution < -0.4 is 11.1 Å². The molecule has 0 bridgehead atoms. The van der Waals surface area contributed by atoms with Gasteiger partial charge in [-0.1, -0.05) is 23.0 Å². The number of halogens is 1. The Morgan fingerprint density at radius 3 is 2.71 bits per heavy atom. The largest absolute Gasteiger partial charge is 0.409 e. The molecule has 6 N–H and O–H groups in total. The lowest BCUT2D eigenvalue weighted by atomic mass is 9.89. The Morgan fingerprint density at radius 2 is 2.14 bits per heavy atom. The number of benzene rings is 1. The van der Waals surface area contributed by atoms with E-state index in [9.17, 15) is 14.3 Å². The van der Waals surface area contributed by atoms with Gasteiger partial charge in [0.1, 0.15) is 12.4 Å². The Bertz CT molecular complexity index is 832. The normalized spacial score (nSPS) is 13.6. The lowest BCUT2D eigenvalue weighted by molar-refractivity contribution is -0.124. The van der Waals surface area contributed by atoms with Gasteiger partial charge < -0.3 is 26.5 Å². The number of nitrogens with two attached hydrogens (primary N) is 1. The van der Waals surface area contributed by atoms with Crippen LogP contribution in [-0.4, -0.2) is 62.5 Å².